The van der Waals surface area contributed by atoms with Crippen molar-refractivity contribution in [2.75, 3.05) is 13.2 Å². The summed E-state index contributed by atoms with van der Waals surface area (Å²) < 4.78 is 5.01. The third-order valence-electron chi connectivity index (χ3n) is 3.31. The van der Waals surface area contributed by atoms with Gasteiger partial charge < -0.3 is 10.1 Å². The van der Waals surface area contributed by atoms with Crippen LogP contribution in [0.2, 0.25) is 0 Å². The molecule has 1 amide bonds. The maximum Gasteiger partial charge on any atom is 0.338 e. The van der Waals surface area contributed by atoms with E-state index in [0.717, 1.165) is 24.0 Å². The smallest absolute Gasteiger partial charge is 0.338 e. The SMILES string of the molecule is CCOC(=O)c1ccc(C)c(CCCNC(=O)C(C)C)c1. The fraction of sp³-hybridized carbons (Fsp3) is 0.529. The molecule has 0 saturated carbocycles. The van der Waals surface area contributed by atoms with E-state index in [1.807, 2.05) is 32.9 Å². The third-order valence-corrected chi connectivity index (χ3v) is 3.31. The van der Waals surface area contributed by atoms with Crippen molar-refractivity contribution in [2.45, 2.75) is 40.5 Å². The lowest BCUT2D eigenvalue weighted by molar-refractivity contribution is -0.123. The molecule has 4 nitrogen and oxygen atoms in total. The van der Waals surface area contributed by atoms with E-state index >= 15 is 0 Å². The minimum Gasteiger partial charge on any atom is -0.462 e. The number of rotatable bonds is 7. The van der Waals surface area contributed by atoms with Gasteiger partial charge in [0.25, 0.3) is 0 Å². The highest BCUT2D eigenvalue weighted by atomic mass is 16.5. The number of carbonyl (C=O) groups is 2. The lowest BCUT2D eigenvalue weighted by atomic mass is 10.0. The van der Waals surface area contributed by atoms with Crippen LogP contribution in [0.15, 0.2) is 18.2 Å². The molecule has 1 aromatic carbocycles. The Balaban J connectivity index is 2.56. The van der Waals surface area contributed by atoms with Gasteiger partial charge in [-0.05, 0) is 49.9 Å². The number of nitrogens with one attached hydrogen (secondary N) is 1. The molecule has 0 spiro atoms. The van der Waals surface area contributed by atoms with Crippen molar-refractivity contribution in [1.82, 2.24) is 5.32 Å². The van der Waals surface area contributed by atoms with Crippen LogP contribution < -0.4 is 5.32 Å². The number of esters is 1. The highest BCUT2D eigenvalue weighted by Crippen LogP contribution is 2.14. The van der Waals surface area contributed by atoms with Crippen LogP contribution in [0.3, 0.4) is 0 Å². The molecule has 0 aromatic heterocycles. The number of ether oxygens (including phenoxy) is 1. The zero-order chi connectivity index (χ0) is 15.8. The molecule has 0 aliphatic rings. The van der Waals surface area contributed by atoms with Gasteiger partial charge in [-0.2, -0.15) is 0 Å². The molecule has 1 rings (SSSR count). The molecule has 21 heavy (non-hydrogen) atoms. The molecular formula is C17H25NO3. The van der Waals surface area contributed by atoms with Gasteiger partial charge in [0, 0.05) is 12.5 Å². The summed E-state index contributed by atoms with van der Waals surface area (Å²) in [6.45, 7) is 8.61. The zero-order valence-corrected chi connectivity index (χ0v) is 13.4. The molecule has 0 atom stereocenters. The molecule has 0 saturated heterocycles. The van der Waals surface area contributed by atoms with Crippen molar-refractivity contribution >= 4 is 11.9 Å². The van der Waals surface area contributed by atoms with Gasteiger partial charge in [0.05, 0.1) is 12.2 Å². The Labute approximate surface area is 126 Å². The summed E-state index contributed by atoms with van der Waals surface area (Å²) in [6, 6.07) is 5.61. The number of benzene rings is 1. The van der Waals surface area contributed by atoms with Gasteiger partial charge in [-0.15, -0.1) is 0 Å². The van der Waals surface area contributed by atoms with Crippen molar-refractivity contribution in [1.29, 1.82) is 0 Å². The van der Waals surface area contributed by atoms with Crippen molar-refractivity contribution < 1.29 is 14.3 Å². The number of hydrogen-bond acceptors (Lipinski definition) is 3. The predicted molar refractivity (Wildman–Crippen MR) is 83.3 cm³/mol. The molecule has 4 heteroatoms. The van der Waals surface area contributed by atoms with E-state index in [0.29, 0.717) is 18.7 Å². The quantitative estimate of drug-likeness (QED) is 0.621. The minimum atomic E-state index is -0.285. The standard InChI is InChI=1S/C17H25NO3/c1-5-21-17(20)15-9-8-13(4)14(11-15)7-6-10-18-16(19)12(2)3/h8-9,11-12H,5-7,10H2,1-4H3,(H,18,19). The fourth-order valence-corrected chi connectivity index (χ4v) is 1.98. The summed E-state index contributed by atoms with van der Waals surface area (Å²) in [4.78, 5) is 23.2. The largest absolute Gasteiger partial charge is 0.462 e. The van der Waals surface area contributed by atoms with Crippen LogP contribution in [-0.4, -0.2) is 25.0 Å². The van der Waals surface area contributed by atoms with Gasteiger partial charge in [0.2, 0.25) is 5.91 Å². The Morgan fingerprint density at radius 3 is 2.62 bits per heavy atom. The predicted octanol–water partition coefficient (Wildman–Crippen LogP) is 2.88. The van der Waals surface area contributed by atoms with Gasteiger partial charge in [0.15, 0.2) is 0 Å². The van der Waals surface area contributed by atoms with Crippen LogP contribution in [0.5, 0.6) is 0 Å². The summed E-state index contributed by atoms with van der Waals surface area (Å²) in [5.41, 5.74) is 2.86. The summed E-state index contributed by atoms with van der Waals surface area (Å²) in [7, 11) is 0. The maximum atomic E-state index is 11.7. The summed E-state index contributed by atoms with van der Waals surface area (Å²) in [5.74, 6) is -0.197. The van der Waals surface area contributed by atoms with Crippen LogP contribution in [0.25, 0.3) is 0 Å². The Bertz CT molecular complexity index is 495. The van der Waals surface area contributed by atoms with Gasteiger partial charge in [-0.1, -0.05) is 19.9 Å². The number of hydrogen-bond donors (Lipinski definition) is 1. The second-order valence-electron chi connectivity index (χ2n) is 5.41. The molecule has 0 aliphatic heterocycles. The van der Waals surface area contributed by atoms with Crippen molar-refractivity contribution in [3.8, 4) is 0 Å². The third kappa shape index (κ3) is 5.58. The highest BCUT2D eigenvalue weighted by molar-refractivity contribution is 5.89. The van der Waals surface area contributed by atoms with Crippen LogP contribution in [0.1, 0.15) is 48.7 Å². The highest BCUT2D eigenvalue weighted by Gasteiger charge is 2.09. The molecule has 1 N–H and O–H groups in total. The number of carbonyl (C=O) groups excluding carboxylic acids is 2. The van der Waals surface area contributed by atoms with Gasteiger partial charge >= 0.3 is 5.97 Å². The Hall–Kier alpha value is -1.84. The van der Waals surface area contributed by atoms with E-state index in [1.54, 1.807) is 13.0 Å². The molecule has 0 unspecified atom stereocenters. The summed E-state index contributed by atoms with van der Waals surface area (Å²) in [5, 5.41) is 2.90. The fourth-order valence-electron chi connectivity index (χ4n) is 1.98. The van der Waals surface area contributed by atoms with Crippen LogP contribution >= 0.6 is 0 Å². The zero-order valence-electron chi connectivity index (χ0n) is 13.4. The van der Waals surface area contributed by atoms with E-state index < -0.39 is 0 Å². The first-order valence-corrected chi connectivity index (χ1v) is 7.50. The maximum absolute atomic E-state index is 11.7. The number of aryl methyl sites for hydroxylation is 2. The monoisotopic (exact) mass is 291 g/mol. The molecule has 0 aliphatic carbocycles. The second-order valence-corrected chi connectivity index (χ2v) is 5.41. The van der Waals surface area contributed by atoms with Crippen LogP contribution in [0, 0.1) is 12.8 Å². The average molecular weight is 291 g/mol. The van der Waals surface area contributed by atoms with E-state index in [-0.39, 0.29) is 17.8 Å². The normalized spacial score (nSPS) is 10.5. The first kappa shape index (κ1) is 17.2. The van der Waals surface area contributed by atoms with E-state index in [1.165, 1.54) is 0 Å². The molecule has 0 radical (unpaired) electrons. The van der Waals surface area contributed by atoms with E-state index in [4.69, 9.17) is 4.74 Å². The average Bonchev–Trinajstić information content (AvgIpc) is 2.45. The molecule has 0 bridgehead atoms. The Morgan fingerprint density at radius 1 is 1.29 bits per heavy atom. The molecule has 116 valence electrons. The van der Waals surface area contributed by atoms with Crippen LogP contribution in [-0.2, 0) is 16.0 Å². The topological polar surface area (TPSA) is 55.4 Å². The van der Waals surface area contributed by atoms with Crippen molar-refractivity contribution in [2.24, 2.45) is 5.92 Å². The van der Waals surface area contributed by atoms with Crippen molar-refractivity contribution in [3.05, 3.63) is 34.9 Å². The molecule has 0 fully saturated rings. The molecule has 1 aromatic rings. The first-order chi connectivity index (χ1) is 9.95. The van der Waals surface area contributed by atoms with Crippen LogP contribution in [0.4, 0.5) is 0 Å². The number of amides is 1. The van der Waals surface area contributed by atoms with Gasteiger partial charge in [-0.25, -0.2) is 4.79 Å². The minimum absolute atomic E-state index is 0.0129. The summed E-state index contributed by atoms with van der Waals surface area (Å²) >= 11 is 0. The molecule has 0 heterocycles. The van der Waals surface area contributed by atoms with E-state index in [9.17, 15) is 9.59 Å². The Kier molecular flexibility index (Phi) is 6.92. The lowest BCUT2D eigenvalue weighted by Crippen LogP contribution is -2.28. The van der Waals surface area contributed by atoms with Gasteiger partial charge in [0.1, 0.15) is 0 Å². The first-order valence-electron chi connectivity index (χ1n) is 7.50. The molecular weight excluding hydrogens is 266 g/mol. The summed E-state index contributed by atoms with van der Waals surface area (Å²) in [6.07, 6.45) is 1.68. The second kappa shape index (κ2) is 8.45. The van der Waals surface area contributed by atoms with E-state index in [2.05, 4.69) is 5.32 Å². The Morgan fingerprint density at radius 2 is 2.00 bits per heavy atom. The van der Waals surface area contributed by atoms with Gasteiger partial charge in [-0.3, -0.25) is 4.79 Å². The lowest BCUT2D eigenvalue weighted by Gasteiger charge is -2.10. The van der Waals surface area contributed by atoms with Crippen molar-refractivity contribution in [3.63, 3.8) is 0 Å².